The number of ether oxygens (including phenoxy) is 1. The predicted molar refractivity (Wildman–Crippen MR) is 99.2 cm³/mol. The first-order valence-corrected chi connectivity index (χ1v) is 8.41. The minimum absolute atomic E-state index is 0.00956. The summed E-state index contributed by atoms with van der Waals surface area (Å²) in [6, 6.07) is 10.5. The minimum atomic E-state index is 0.00956. The zero-order valence-electron chi connectivity index (χ0n) is 15.5. The molecule has 0 aliphatic carbocycles. The van der Waals surface area contributed by atoms with Crippen molar-refractivity contribution in [3.8, 4) is 5.75 Å². The number of methoxy groups -OCH3 is 1. The van der Waals surface area contributed by atoms with Crippen molar-refractivity contribution in [2.24, 2.45) is 0 Å². The zero-order valence-corrected chi connectivity index (χ0v) is 15.5. The molecule has 3 nitrogen and oxygen atoms in total. The number of hydrogen-bond donors (Lipinski definition) is 0. The maximum atomic E-state index is 5.33. The second kappa shape index (κ2) is 5.97. The maximum absolute atomic E-state index is 5.33. The fourth-order valence-corrected chi connectivity index (χ4v) is 3.14. The molecule has 0 fully saturated rings. The van der Waals surface area contributed by atoms with Gasteiger partial charge in [0, 0.05) is 18.0 Å². The van der Waals surface area contributed by atoms with Crippen molar-refractivity contribution in [3.63, 3.8) is 0 Å². The van der Waals surface area contributed by atoms with Crippen LogP contribution in [-0.4, -0.2) is 16.5 Å². The molecule has 0 saturated carbocycles. The third-order valence-electron chi connectivity index (χ3n) is 4.48. The lowest BCUT2D eigenvalue weighted by molar-refractivity contribution is 0.414. The van der Waals surface area contributed by atoms with Gasteiger partial charge in [0.2, 0.25) is 0 Å². The van der Waals surface area contributed by atoms with Crippen LogP contribution in [-0.2, 0) is 11.8 Å². The highest BCUT2D eigenvalue weighted by Crippen LogP contribution is 2.29. The first-order chi connectivity index (χ1) is 11.3. The first-order valence-electron chi connectivity index (χ1n) is 8.41. The molecule has 0 saturated heterocycles. The van der Waals surface area contributed by atoms with Gasteiger partial charge >= 0.3 is 0 Å². The summed E-state index contributed by atoms with van der Waals surface area (Å²) >= 11 is 0. The first kappa shape index (κ1) is 16.6. The average Bonchev–Trinajstić information content (AvgIpc) is 2.87. The highest BCUT2D eigenvalue weighted by molar-refractivity contribution is 5.48. The average molecular weight is 322 g/mol. The fraction of sp³-hybridized carbons (Fsp3) is 0.381. The Morgan fingerprint density at radius 3 is 2.46 bits per heavy atom. The number of fused-ring (bicyclic) bond motifs is 1. The molecule has 0 amide bonds. The van der Waals surface area contributed by atoms with E-state index >= 15 is 0 Å². The number of rotatable bonds is 3. The number of benzene rings is 1. The van der Waals surface area contributed by atoms with E-state index in [-0.39, 0.29) is 5.41 Å². The molecular formula is C21H26N2O. The van der Waals surface area contributed by atoms with Crippen LogP contribution in [0.25, 0.3) is 5.65 Å². The van der Waals surface area contributed by atoms with Gasteiger partial charge in [0.15, 0.2) is 0 Å². The maximum Gasteiger partial charge on any atom is 0.137 e. The second-order valence-corrected chi connectivity index (χ2v) is 7.56. The Bertz CT molecular complexity index is 885. The Balaban J connectivity index is 2.15. The molecule has 24 heavy (non-hydrogen) atoms. The summed E-state index contributed by atoms with van der Waals surface area (Å²) in [5.41, 5.74) is 7.27. The summed E-state index contributed by atoms with van der Waals surface area (Å²) in [4.78, 5) is 4.92. The van der Waals surface area contributed by atoms with E-state index in [0.717, 1.165) is 17.8 Å². The highest BCUT2D eigenvalue weighted by atomic mass is 16.5. The van der Waals surface area contributed by atoms with E-state index in [1.54, 1.807) is 7.11 Å². The van der Waals surface area contributed by atoms with E-state index in [1.807, 2.05) is 6.07 Å². The van der Waals surface area contributed by atoms with Crippen LogP contribution in [0.15, 0.2) is 36.5 Å². The fourth-order valence-electron chi connectivity index (χ4n) is 3.14. The van der Waals surface area contributed by atoms with Crippen LogP contribution in [0.4, 0.5) is 0 Å². The summed E-state index contributed by atoms with van der Waals surface area (Å²) in [5.74, 6) is 0.904. The summed E-state index contributed by atoms with van der Waals surface area (Å²) in [6.45, 7) is 11.0. The van der Waals surface area contributed by atoms with Crippen LogP contribution >= 0.6 is 0 Å². The van der Waals surface area contributed by atoms with Crippen molar-refractivity contribution in [1.82, 2.24) is 9.38 Å². The van der Waals surface area contributed by atoms with Crippen LogP contribution in [0.3, 0.4) is 0 Å². The third kappa shape index (κ3) is 3.03. The largest absolute Gasteiger partial charge is 0.497 e. The molecule has 3 rings (SSSR count). The van der Waals surface area contributed by atoms with Crippen molar-refractivity contribution in [2.45, 2.75) is 46.5 Å². The quantitative estimate of drug-likeness (QED) is 0.689. The molecule has 126 valence electrons. The molecule has 0 atom stereocenters. The Hall–Kier alpha value is -2.29. The molecule has 0 spiro atoms. The normalized spacial score (nSPS) is 11.9. The molecule has 2 aromatic heterocycles. The highest BCUT2D eigenvalue weighted by Gasteiger charge is 2.24. The van der Waals surface area contributed by atoms with Crippen molar-refractivity contribution >= 4 is 5.65 Å². The van der Waals surface area contributed by atoms with E-state index in [9.17, 15) is 0 Å². The Kier molecular flexibility index (Phi) is 4.12. The molecule has 3 heteroatoms. The van der Waals surface area contributed by atoms with Crippen molar-refractivity contribution in [2.75, 3.05) is 7.11 Å². The topological polar surface area (TPSA) is 26.5 Å². The zero-order chi connectivity index (χ0) is 17.5. The molecular weight excluding hydrogens is 296 g/mol. The molecule has 0 aliphatic rings. The molecule has 0 N–H and O–H groups in total. The van der Waals surface area contributed by atoms with E-state index in [2.05, 4.69) is 69.5 Å². The van der Waals surface area contributed by atoms with Crippen molar-refractivity contribution < 1.29 is 4.74 Å². The van der Waals surface area contributed by atoms with Gasteiger partial charge in [-0.25, -0.2) is 4.98 Å². The Morgan fingerprint density at radius 1 is 1.08 bits per heavy atom. The Labute approximate surface area is 144 Å². The monoisotopic (exact) mass is 322 g/mol. The number of hydrogen-bond acceptors (Lipinski definition) is 2. The van der Waals surface area contributed by atoms with E-state index < -0.39 is 0 Å². The molecule has 0 unspecified atom stereocenters. The SMILES string of the molecule is COc1ccc(Cc2c(C(C)(C)C)nc3ccc(C)cn23)c(C)c1. The van der Waals surface area contributed by atoms with E-state index in [4.69, 9.17) is 9.72 Å². The number of imidazole rings is 1. The van der Waals surface area contributed by atoms with E-state index in [0.29, 0.717) is 0 Å². The van der Waals surface area contributed by atoms with Gasteiger partial charge in [-0.05, 0) is 48.7 Å². The van der Waals surface area contributed by atoms with Gasteiger partial charge in [-0.2, -0.15) is 0 Å². The van der Waals surface area contributed by atoms with Crippen LogP contribution in [0.2, 0.25) is 0 Å². The summed E-state index contributed by atoms with van der Waals surface area (Å²) < 4.78 is 7.58. The number of aromatic nitrogens is 2. The summed E-state index contributed by atoms with van der Waals surface area (Å²) in [7, 11) is 1.71. The molecule has 2 heterocycles. The van der Waals surface area contributed by atoms with Gasteiger partial charge in [-0.15, -0.1) is 0 Å². The van der Waals surface area contributed by atoms with Gasteiger partial charge in [0.05, 0.1) is 18.5 Å². The summed E-state index contributed by atoms with van der Waals surface area (Å²) in [6.07, 6.45) is 3.05. The number of aryl methyl sites for hydroxylation is 2. The summed E-state index contributed by atoms with van der Waals surface area (Å²) in [5, 5.41) is 0. The van der Waals surface area contributed by atoms with Crippen LogP contribution in [0.5, 0.6) is 5.75 Å². The number of nitrogens with zero attached hydrogens (tertiary/aromatic N) is 2. The molecule has 0 aliphatic heterocycles. The molecule has 0 bridgehead atoms. The lowest BCUT2D eigenvalue weighted by atomic mass is 9.88. The molecule has 1 aromatic carbocycles. The third-order valence-corrected chi connectivity index (χ3v) is 4.48. The van der Waals surface area contributed by atoms with Gasteiger partial charge in [0.25, 0.3) is 0 Å². The lowest BCUT2D eigenvalue weighted by Crippen LogP contribution is -2.15. The number of pyridine rings is 1. The molecule has 0 radical (unpaired) electrons. The standard InChI is InChI=1S/C21H26N2O/c1-14-7-10-19-22-20(21(3,4)5)18(23(19)13-14)12-16-8-9-17(24-6)11-15(16)2/h7-11,13H,12H2,1-6H3. The lowest BCUT2D eigenvalue weighted by Gasteiger charge is -2.18. The van der Waals surface area contributed by atoms with Gasteiger partial charge in [-0.3, -0.25) is 0 Å². The van der Waals surface area contributed by atoms with Crippen molar-refractivity contribution in [3.05, 3.63) is 64.6 Å². The van der Waals surface area contributed by atoms with Crippen LogP contribution < -0.4 is 4.74 Å². The van der Waals surface area contributed by atoms with Gasteiger partial charge in [-0.1, -0.05) is 32.9 Å². The van der Waals surface area contributed by atoms with Gasteiger partial charge in [0.1, 0.15) is 11.4 Å². The minimum Gasteiger partial charge on any atom is -0.497 e. The second-order valence-electron chi connectivity index (χ2n) is 7.56. The van der Waals surface area contributed by atoms with Crippen molar-refractivity contribution in [1.29, 1.82) is 0 Å². The molecule has 3 aromatic rings. The van der Waals surface area contributed by atoms with Crippen LogP contribution in [0, 0.1) is 13.8 Å². The van der Waals surface area contributed by atoms with Gasteiger partial charge < -0.3 is 9.14 Å². The van der Waals surface area contributed by atoms with Crippen LogP contribution in [0.1, 0.15) is 48.8 Å². The van der Waals surface area contributed by atoms with E-state index in [1.165, 1.54) is 28.1 Å². The Morgan fingerprint density at radius 2 is 1.83 bits per heavy atom. The smallest absolute Gasteiger partial charge is 0.137 e. The predicted octanol–water partition coefficient (Wildman–Crippen LogP) is 4.85.